The summed E-state index contributed by atoms with van der Waals surface area (Å²) in [5.74, 6) is 0.585. The first-order valence-electron chi connectivity index (χ1n) is 7.42. The maximum Gasteiger partial charge on any atom is 0.237 e. The molecule has 1 amide bonds. The van der Waals surface area contributed by atoms with Crippen molar-refractivity contribution < 1.29 is 9.21 Å². The zero-order chi connectivity index (χ0) is 16.4. The number of hydrogen-bond donors (Lipinski definition) is 1. The Bertz CT molecular complexity index is 840. The second-order valence-electron chi connectivity index (χ2n) is 5.48. The molecule has 0 aliphatic heterocycles. The van der Waals surface area contributed by atoms with E-state index in [9.17, 15) is 4.79 Å². The number of nitrogens with zero attached hydrogens (tertiary/aromatic N) is 1. The van der Waals surface area contributed by atoms with Crippen molar-refractivity contribution in [3.63, 3.8) is 0 Å². The average molecular weight is 326 g/mol. The first-order chi connectivity index (χ1) is 11.0. The molecule has 0 saturated carbocycles. The fraction of sp³-hybridized carbons (Fsp3) is 0.222. The molecule has 0 radical (unpaired) electrons. The molecule has 1 heterocycles. The van der Waals surface area contributed by atoms with Crippen molar-refractivity contribution in [3.8, 4) is 0 Å². The molecule has 5 heteroatoms. The summed E-state index contributed by atoms with van der Waals surface area (Å²) in [6.45, 7) is 5.75. The molecule has 3 rings (SSSR count). The Hall–Kier alpha value is -2.27. The number of nitrogens with one attached hydrogen (secondary N) is 1. The number of carbonyl (C=O) groups is 1. The predicted octanol–water partition coefficient (Wildman–Crippen LogP) is 4.56. The lowest BCUT2D eigenvalue weighted by atomic mass is 10.2. The summed E-state index contributed by atoms with van der Waals surface area (Å²) in [5, 5.41) is 2.75. The van der Waals surface area contributed by atoms with E-state index in [0.717, 1.165) is 21.7 Å². The van der Waals surface area contributed by atoms with E-state index in [-0.39, 0.29) is 11.2 Å². The molecule has 1 N–H and O–H groups in total. The van der Waals surface area contributed by atoms with Gasteiger partial charge in [0.1, 0.15) is 5.52 Å². The van der Waals surface area contributed by atoms with Crippen LogP contribution in [0.4, 0.5) is 5.69 Å². The number of anilines is 1. The molecule has 23 heavy (non-hydrogen) atoms. The van der Waals surface area contributed by atoms with Gasteiger partial charge in [-0.1, -0.05) is 17.7 Å². The standard InChI is InChI=1S/C18H18N2O2S/c1-11-4-7-15(8-5-11)23-12(2)18(21)20-14-6-9-17-16(10-14)19-13(3)22-17/h4-10,12H,1-3H3,(H,20,21). The molecule has 0 saturated heterocycles. The number of fused-ring (bicyclic) bond motifs is 1. The first-order valence-corrected chi connectivity index (χ1v) is 8.30. The van der Waals surface area contributed by atoms with E-state index >= 15 is 0 Å². The highest BCUT2D eigenvalue weighted by molar-refractivity contribution is 8.00. The molecule has 0 aliphatic carbocycles. The van der Waals surface area contributed by atoms with Gasteiger partial charge >= 0.3 is 0 Å². The second-order valence-corrected chi connectivity index (χ2v) is 6.89. The van der Waals surface area contributed by atoms with E-state index < -0.39 is 0 Å². The minimum atomic E-state index is -0.188. The zero-order valence-corrected chi connectivity index (χ0v) is 14.1. The summed E-state index contributed by atoms with van der Waals surface area (Å²) in [4.78, 5) is 17.7. The van der Waals surface area contributed by atoms with Crippen LogP contribution in [0.2, 0.25) is 0 Å². The van der Waals surface area contributed by atoms with Gasteiger partial charge in [-0.25, -0.2) is 4.98 Å². The molecule has 4 nitrogen and oxygen atoms in total. The maximum atomic E-state index is 12.3. The van der Waals surface area contributed by atoms with Crippen LogP contribution in [0.25, 0.3) is 11.1 Å². The Kier molecular flexibility index (Phi) is 4.39. The minimum Gasteiger partial charge on any atom is -0.441 e. The number of aromatic nitrogens is 1. The van der Waals surface area contributed by atoms with Gasteiger partial charge in [-0.3, -0.25) is 4.79 Å². The van der Waals surface area contributed by atoms with Gasteiger partial charge in [0.05, 0.1) is 5.25 Å². The monoisotopic (exact) mass is 326 g/mol. The molecule has 118 valence electrons. The zero-order valence-electron chi connectivity index (χ0n) is 13.3. The summed E-state index contributed by atoms with van der Waals surface area (Å²) in [7, 11) is 0. The van der Waals surface area contributed by atoms with Crippen LogP contribution in [0.1, 0.15) is 18.4 Å². The highest BCUT2D eigenvalue weighted by Crippen LogP contribution is 2.25. The molecular weight excluding hydrogens is 308 g/mol. The molecule has 0 aliphatic rings. The third-order valence-corrected chi connectivity index (χ3v) is 4.58. The summed E-state index contributed by atoms with van der Waals surface area (Å²) in [6, 6.07) is 13.6. The molecule has 0 bridgehead atoms. The third kappa shape index (κ3) is 3.74. The van der Waals surface area contributed by atoms with E-state index in [1.165, 1.54) is 5.56 Å². The van der Waals surface area contributed by atoms with Crippen LogP contribution in [0.3, 0.4) is 0 Å². The number of amides is 1. The third-order valence-electron chi connectivity index (χ3n) is 3.47. The van der Waals surface area contributed by atoms with E-state index in [0.29, 0.717) is 5.89 Å². The Morgan fingerprint density at radius 3 is 2.65 bits per heavy atom. The Morgan fingerprint density at radius 1 is 1.17 bits per heavy atom. The van der Waals surface area contributed by atoms with E-state index in [1.807, 2.05) is 56.3 Å². The Morgan fingerprint density at radius 2 is 1.91 bits per heavy atom. The van der Waals surface area contributed by atoms with Gasteiger partial charge in [0.2, 0.25) is 5.91 Å². The van der Waals surface area contributed by atoms with Gasteiger partial charge in [-0.2, -0.15) is 0 Å². The molecule has 2 aromatic carbocycles. The van der Waals surface area contributed by atoms with Crippen molar-refractivity contribution in [2.75, 3.05) is 5.32 Å². The normalized spacial score (nSPS) is 12.3. The van der Waals surface area contributed by atoms with Gasteiger partial charge in [0, 0.05) is 17.5 Å². The van der Waals surface area contributed by atoms with Gasteiger partial charge in [-0.15, -0.1) is 11.8 Å². The van der Waals surface area contributed by atoms with Crippen LogP contribution in [0.15, 0.2) is 51.8 Å². The molecule has 0 spiro atoms. The van der Waals surface area contributed by atoms with Crippen LogP contribution in [0.5, 0.6) is 0 Å². The molecule has 0 fully saturated rings. The summed E-state index contributed by atoms with van der Waals surface area (Å²) < 4.78 is 5.44. The number of hydrogen-bond acceptors (Lipinski definition) is 4. The van der Waals surface area contributed by atoms with Gasteiger partial charge in [-0.05, 0) is 44.2 Å². The van der Waals surface area contributed by atoms with Crippen molar-refractivity contribution in [3.05, 3.63) is 53.9 Å². The maximum absolute atomic E-state index is 12.3. The van der Waals surface area contributed by atoms with Gasteiger partial charge in [0.15, 0.2) is 11.5 Å². The van der Waals surface area contributed by atoms with E-state index in [4.69, 9.17) is 4.42 Å². The average Bonchev–Trinajstić information content (AvgIpc) is 2.88. The summed E-state index contributed by atoms with van der Waals surface area (Å²) in [6.07, 6.45) is 0. The Balaban J connectivity index is 1.67. The van der Waals surface area contributed by atoms with Crippen molar-refractivity contribution in [2.45, 2.75) is 30.9 Å². The van der Waals surface area contributed by atoms with Crippen LogP contribution in [-0.4, -0.2) is 16.1 Å². The largest absolute Gasteiger partial charge is 0.441 e. The fourth-order valence-electron chi connectivity index (χ4n) is 2.24. The lowest BCUT2D eigenvalue weighted by Crippen LogP contribution is -2.22. The molecule has 1 atom stereocenters. The quantitative estimate of drug-likeness (QED) is 0.714. The lowest BCUT2D eigenvalue weighted by molar-refractivity contribution is -0.115. The van der Waals surface area contributed by atoms with Crippen molar-refractivity contribution in [1.82, 2.24) is 4.98 Å². The number of oxazole rings is 1. The number of carbonyl (C=O) groups excluding carboxylic acids is 1. The SMILES string of the molecule is Cc1ccc(SC(C)C(=O)Nc2ccc3oc(C)nc3c2)cc1. The number of thioether (sulfide) groups is 1. The topological polar surface area (TPSA) is 55.1 Å². The Labute approximate surface area is 139 Å². The van der Waals surface area contributed by atoms with Crippen LogP contribution >= 0.6 is 11.8 Å². The molecule has 1 aromatic heterocycles. The number of rotatable bonds is 4. The first kappa shape index (κ1) is 15.6. The van der Waals surface area contributed by atoms with Gasteiger partial charge < -0.3 is 9.73 Å². The highest BCUT2D eigenvalue weighted by atomic mass is 32.2. The number of aryl methyl sites for hydroxylation is 2. The fourth-order valence-corrected chi connectivity index (χ4v) is 3.11. The summed E-state index contributed by atoms with van der Waals surface area (Å²) >= 11 is 1.54. The van der Waals surface area contributed by atoms with E-state index in [1.54, 1.807) is 18.7 Å². The van der Waals surface area contributed by atoms with Crippen LogP contribution in [0, 0.1) is 13.8 Å². The lowest BCUT2D eigenvalue weighted by Gasteiger charge is -2.12. The van der Waals surface area contributed by atoms with Gasteiger partial charge in [0.25, 0.3) is 0 Å². The molecule has 3 aromatic rings. The van der Waals surface area contributed by atoms with Crippen molar-refractivity contribution >= 4 is 34.5 Å². The van der Waals surface area contributed by atoms with Crippen molar-refractivity contribution in [1.29, 1.82) is 0 Å². The minimum absolute atomic E-state index is 0.0323. The van der Waals surface area contributed by atoms with Crippen LogP contribution < -0.4 is 5.32 Å². The van der Waals surface area contributed by atoms with Crippen molar-refractivity contribution in [2.24, 2.45) is 0 Å². The van der Waals surface area contributed by atoms with E-state index in [2.05, 4.69) is 10.3 Å². The second kappa shape index (κ2) is 6.46. The predicted molar refractivity (Wildman–Crippen MR) is 93.9 cm³/mol. The van der Waals surface area contributed by atoms with Crippen LogP contribution in [-0.2, 0) is 4.79 Å². The smallest absolute Gasteiger partial charge is 0.237 e. The molecule has 1 unspecified atom stereocenters. The highest BCUT2D eigenvalue weighted by Gasteiger charge is 2.15. The summed E-state index contributed by atoms with van der Waals surface area (Å²) in [5.41, 5.74) is 3.41. The number of benzene rings is 2. The molecular formula is C18H18N2O2S.